The van der Waals surface area contributed by atoms with Crippen molar-refractivity contribution in [3.63, 3.8) is 0 Å². The van der Waals surface area contributed by atoms with Gasteiger partial charge >= 0.3 is 5.97 Å². The number of hydrogen-bond donors (Lipinski definition) is 3. The summed E-state index contributed by atoms with van der Waals surface area (Å²) in [5.74, 6) is -1.49. The maximum atomic E-state index is 10.9. The number of benzene rings is 2. The Labute approximate surface area is 120 Å². The van der Waals surface area contributed by atoms with E-state index in [1.165, 1.54) is 23.9 Å². The molecular weight excluding hydrogens is 276 g/mol. The third-order valence-corrected chi connectivity index (χ3v) is 3.55. The standard InChI is InChI=1S/C15H12O4S/c16-12-7-6-11(8-13(12)17)20-14(9-15(18)19)10-4-2-1-3-5-10/h1-9,16-17H,(H,18,19). The van der Waals surface area contributed by atoms with E-state index in [4.69, 9.17) is 5.11 Å². The molecule has 2 rings (SSSR count). The van der Waals surface area contributed by atoms with Crippen LogP contribution in [0, 0.1) is 0 Å². The lowest BCUT2D eigenvalue weighted by molar-refractivity contribution is -0.131. The minimum Gasteiger partial charge on any atom is -0.504 e. The van der Waals surface area contributed by atoms with Crippen molar-refractivity contribution in [1.29, 1.82) is 0 Å². The van der Waals surface area contributed by atoms with Crippen LogP contribution in [0.1, 0.15) is 5.56 Å². The molecule has 102 valence electrons. The van der Waals surface area contributed by atoms with Crippen LogP contribution in [0.2, 0.25) is 0 Å². The van der Waals surface area contributed by atoms with Gasteiger partial charge in [-0.15, -0.1) is 0 Å². The van der Waals surface area contributed by atoms with Crippen LogP contribution in [0.25, 0.3) is 4.91 Å². The highest BCUT2D eigenvalue weighted by molar-refractivity contribution is 8.08. The van der Waals surface area contributed by atoms with E-state index < -0.39 is 5.97 Å². The van der Waals surface area contributed by atoms with Crippen LogP contribution in [0.3, 0.4) is 0 Å². The number of phenols is 2. The number of aromatic hydroxyl groups is 2. The number of aliphatic carboxylic acids is 1. The van der Waals surface area contributed by atoms with Crippen LogP contribution in [0.5, 0.6) is 11.5 Å². The average molecular weight is 288 g/mol. The summed E-state index contributed by atoms with van der Waals surface area (Å²) < 4.78 is 0. The summed E-state index contributed by atoms with van der Waals surface area (Å²) in [5.41, 5.74) is 0.771. The van der Waals surface area contributed by atoms with E-state index in [1.807, 2.05) is 30.3 Å². The molecule has 0 aliphatic rings. The Morgan fingerprint density at radius 1 is 1.00 bits per heavy atom. The van der Waals surface area contributed by atoms with Crippen LogP contribution < -0.4 is 0 Å². The number of carbonyl (C=O) groups is 1. The normalized spacial score (nSPS) is 11.3. The Kier molecular flexibility index (Phi) is 4.32. The van der Waals surface area contributed by atoms with Crippen molar-refractivity contribution in [2.24, 2.45) is 0 Å². The summed E-state index contributed by atoms with van der Waals surface area (Å²) in [6.07, 6.45) is 1.11. The van der Waals surface area contributed by atoms with Gasteiger partial charge in [0.05, 0.1) is 0 Å². The Morgan fingerprint density at radius 3 is 2.30 bits per heavy atom. The van der Waals surface area contributed by atoms with Gasteiger partial charge in [-0.3, -0.25) is 0 Å². The van der Waals surface area contributed by atoms with Gasteiger partial charge in [-0.25, -0.2) is 4.79 Å². The fourth-order valence-electron chi connectivity index (χ4n) is 1.58. The first-order chi connectivity index (χ1) is 9.56. The monoisotopic (exact) mass is 288 g/mol. The number of carboxylic acid groups (broad SMARTS) is 1. The highest BCUT2D eigenvalue weighted by atomic mass is 32.2. The molecule has 0 heterocycles. The lowest BCUT2D eigenvalue weighted by Gasteiger charge is -2.07. The highest BCUT2D eigenvalue weighted by Crippen LogP contribution is 2.37. The molecule has 3 N–H and O–H groups in total. The minimum absolute atomic E-state index is 0.210. The van der Waals surface area contributed by atoms with E-state index in [9.17, 15) is 15.0 Å². The molecule has 20 heavy (non-hydrogen) atoms. The SMILES string of the molecule is O=C(O)C=C(Sc1ccc(O)c(O)c1)c1ccccc1. The van der Waals surface area contributed by atoms with Gasteiger partial charge in [0.25, 0.3) is 0 Å². The maximum Gasteiger partial charge on any atom is 0.329 e. The van der Waals surface area contributed by atoms with Gasteiger partial charge in [0, 0.05) is 15.9 Å². The minimum atomic E-state index is -1.04. The molecule has 0 unspecified atom stereocenters. The van der Waals surface area contributed by atoms with Crippen molar-refractivity contribution in [2.75, 3.05) is 0 Å². The van der Waals surface area contributed by atoms with Gasteiger partial charge in [-0.2, -0.15) is 0 Å². The molecule has 4 nitrogen and oxygen atoms in total. The second-order valence-corrected chi connectivity index (χ2v) is 5.08. The molecule has 0 saturated carbocycles. The molecule has 0 saturated heterocycles. The van der Waals surface area contributed by atoms with Crippen LogP contribution in [-0.4, -0.2) is 21.3 Å². The first-order valence-electron chi connectivity index (χ1n) is 5.76. The van der Waals surface area contributed by atoms with Crippen LogP contribution in [0.15, 0.2) is 59.5 Å². The van der Waals surface area contributed by atoms with E-state index in [1.54, 1.807) is 6.07 Å². The third-order valence-electron chi connectivity index (χ3n) is 2.49. The number of carboxylic acids is 1. The fraction of sp³-hybridized carbons (Fsp3) is 0. The van der Waals surface area contributed by atoms with Crippen molar-refractivity contribution in [1.82, 2.24) is 0 Å². The van der Waals surface area contributed by atoms with Gasteiger partial charge in [0.15, 0.2) is 11.5 Å². The summed E-state index contributed by atoms with van der Waals surface area (Å²) >= 11 is 1.20. The molecule has 0 aliphatic carbocycles. The fourth-order valence-corrected chi connectivity index (χ4v) is 2.55. The smallest absolute Gasteiger partial charge is 0.329 e. The Hall–Kier alpha value is -2.40. The lowest BCUT2D eigenvalue weighted by atomic mass is 10.2. The van der Waals surface area contributed by atoms with Gasteiger partial charge < -0.3 is 15.3 Å². The van der Waals surface area contributed by atoms with Gasteiger partial charge in [0.2, 0.25) is 0 Å². The van der Waals surface area contributed by atoms with E-state index in [-0.39, 0.29) is 11.5 Å². The quantitative estimate of drug-likeness (QED) is 0.457. The molecule has 0 spiro atoms. The van der Waals surface area contributed by atoms with Crippen LogP contribution in [-0.2, 0) is 4.79 Å². The van der Waals surface area contributed by atoms with Crippen molar-refractivity contribution in [2.45, 2.75) is 4.90 Å². The summed E-state index contributed by atoms with van der Waals surface area (Å²) in [6.45, 7) is 0. The zero-order chi connectivity index (χ0) is 14.5. The van der Waals surface area contributed by atoms with E-state index in [0.29, 0.717) is 9.80 Å². The number of phenolic OH excluding ortho intramolecular Hbond substituents is 2. The Bertz CT molecular complexity index is 650. The predicted octanol–water partition coefficient (Wildman–Crippen LogP) is 3.32. The second kappa shape index (κ2) is 6.16. The zero-order valence-electron chi connectivity index (χ0n) is 10.4. The predicted molar refractivity (Wildman–Crippen MR) is 77.7 cm³/mol. The van der Waals surface area contributed by atoms with Crippen molar-refractivity contribution >= 4 is 22.6 Å². The molecular formula is C15H12O4S. The summed E-state index contributed by atoms with van der Waals surface area (Å²) in [7, 11) is 0. The van der Waals surface area contributed by atoms with Gasteiger partial charge in [-0.1, -0.05) is 42.1 Å². The maximum absolute atomic E-state index is 10.9. The molecule has 2 aromatic rings. The van der Waals surface area contributed by atoms with E-state index >= 15 is 0 Å². The van der Waals surface area contributed by atoms with Crippen molar-refractivity contribution < 1.29 is 20.1 Å². The number of thioether (sulfide) groups is 1. The molecule has 0 atom stereocenters. The molecule has 0 amide bonds. The lowest BCUT2D eigenvalue weighted by Crippen LogP contribution is -1.90. The van der Waals surface area contributed by atoms with Crippen LogP contribution >= 0.6 is 11.8 Å². The first-order valence-corrected chi connectivity index (χ1v) is 6.58. The van der Waals surface area contributed by atoms with Gasteiger partial charge in [-0.05, 0) is 23.8 Å². The average Bonchev–Trinajstić information content (AvgIpc) is 2.43. The Balaban J connectivity index is 2.34. The molecule has 0 aliphatic heterocycles. The van der Waals surface area contributed by atoms with Crippen LogP contribution in [0.4, 0.5) is 0 Å². The van der Waals surface area contributed by atoms with Crippen molar-refractivity contribution in [3.05, 3.63) is 60.2 Å². The highest BCUT2D eigenvalue weighted by Gasteiger charge is 2.08. The second-order valence-electron chi connectivity index (χ2n) is 3.97. The summed E-state index contributed by atoms with van der Waals surface area (Å²) in [5, 5.41) is 27.7. The molecule has 0 fully saturated rings. The molecule has 0 bridgehead atoms. The van der Waals surface area contributed by atoms with E-state index in [2.05, 4.69) is 0 Å². The molecule has 2 aromatic carbocycles. The van der Waals surface area contributed by atoms with Gasteiger partial charge in [0.1, 0.15) is 0 Å². The van der Waals surface area contributed by atoms with Crippen molar-refractivity contribution in [3.8, 4) is 11.5 Å². The number of rotatable bonds is 4. The topological polar surface area (TPSA) is 77.8 Å². The molecule has 5 heteroatoms. The van der Waals surface area contributed by atoms with E-state index in [0.717, 1.165) is 11.6 Å². The third kappa shape index (κ3) is 3.55. The summed E-state index contributed by atoms with van der Waals surface area (Å²) in [4.78, 5) is 12.1. The largest absolute Gasteiger partial charge is 0.504 e. The number of hydrogen-bond acceptors (Lipinski definition) is 4. The zero-order valence-corrected chi connectivity index (χ0v) is 11.2. The summed E-state index contributed by atoms with van der Waals surface area (Å²) in [6, 6.07) is 13.5. The Morgan fingerprint density at radius 2 is 1.70 bits per heavy atom. The molecule has 0 radical (unpaired) electrons. The molecule has 0 aromatic heterocycles. The first kappa shape index (κ1) is 14.0.